The van der Waals surface area contributed by atoms with Gasteiger partial charge in [-0.25, -0.2) is 9.97 Å². The van der Waals surface area contributed by atoms with E-state index in [1.807, 2.05) is 55.5 Å². The molecule has 0 atom stereocenters. The number of anilines is 4. The Morgan fingerprint density at radius 1 is 0.882 bits per heavy atom. The maximum Gasteiger partial charge on any atom is 0.224 e. The predicted molar refractivity (Wildman–Crippen MR) is 145 cm³/mol. The Morgan fingerprint density at radius 3 is 2.12 bits per heavy atom. The molecule has 2 aromatic carbocycles. The van der Waals surface area contributed by atoms with Crippen LogP contribution in [0, 0.1) is 6.92 Å². The zero-order valence-corrected chi connectivity index (χ0v) is 21.3. The highest BCUT2D eigenvalue weighted by Crippen LogP contribution is 2.34. The van der Waals surface area contributed by atoms with Crippen LogP contribution >= 0.6 is 12.6 Å². The molecule has 0 aliphatic carbocycles. The third-order valence-electron chi connectivity index (χ3n) is 5.46. The van der Waals surface area contributed by atoms with Crippen LogP contribution in [0.25, 0.3) is 0 Å². The lowest BCUT2D eigenvalue weighted by Gasteiger charge is -2.27. The minimum absolute atomic E-state index is 0.0574. The number of hydrogen-bond acceptors (Lipinski definition) is 6. The van der Waals surface area contributed by atoms with Crippen LogP contribution in [0.1, 0.15) is 45.4 Å². The van der Waals surface area contributed by atoms with E-state index in [2.05, 4.69) is 58.7 Å². The number of nitrogens with zero attached hydrogens (tertiary/aromatic N) is 4. The van der Waals surface area contributed by atoms with Crippen LogP contribution in [0.15, 0.2) is 65.7 Å². The van der Waals surface area contributed by atoms with E-state index in [9.17, 15) is 4.79 Å². The van der Waals surface area contributed by atoms with Crippen LogP contribution in [0.5, 0.6) is 0 Å². The van der Waals surface area contributed by atoms with Crippen molar-refractivity contribution in [1.82, 2.24) is 9.97 Å². The van der Waals surface area contributed by atoms with Crippen LogP contribution in [0.2, 0.25) is 0 Å². The summed E-state index contributed by atoms with van der Waals surface area (Å²) in [6, 6.07) is 20.4. The van der Waals surface area contributed by atoms with Gasteiger partial charge in [-0.15, -0.1) is 12.6 Å². The van der Waals surface area contributed by atoms with E-state index in [0.29, 0.717) is 28.8 Å². The summed E-state index contributed by atoms with van der Waals surface area (Å²) in [4.78, 5) is 26.5. The molecule has 1 amide bonds. The zero-order valence-electron chi connectivity index (χ0n) is 20.4. The Hall–Kier alpha value is -3.06. The maximum atomic E-state index is 13.0. The highest BCUT2D eigenvalue weighted by Gasteiger charge is 2.20. The number of carbonyl (C=O) groups excluding carboxylic acids is 1. The van der Waals surface area contributed by atoms with Crippen molar-refractivity contribution in [2.75, 3.05) is 34.8 Å². The molecule has 1 N–H and O–H groups in total. The maximum absolute atomic E-state index is 13.0. The molecule has 34 heavy (non-hydrogen) atoms. The molecule has 1 heterocycles. The molecule has 0 unspecified atom stereocenters. The van der Waals surface area contributed by atoms with Crippen LogP contribution in [-0.4, -0.2) is 35.5 Å². The highest BCUT2D eigenvalue weighted by molar-refractivity contribution is 7.80. The summed E-state index contributed by atoms with van der Waals surface area (Å²) in [5, 5.41) is 3.54. The first-order valence-electron chi connectivity index (χ1n) is 12.0. The molecular weight excluding hydrogens is 442 g/mol. The lowest BCUT2D eigenvalue weighted by atomic mass is 10.2. The van der Waals surface area contributed by atoms with Gasteiger partial charge in [0, 0.05) is 37.4 Å². The molecule has 0 fully saturated rings. The van der Waals surface area contributed by atoms with Gasteiger partial charge < -0.3 is 15.1 Å². The summed E-state index contributed by atoms with van der Waals surface area (Å²) >= 11 is 4.59. The molecule has 0 radical (unpaired) electrons. The van der Waals surface area contributed by atoms with Gasteiger partial charge in [0.25, 0.3) is 0 Å². The lowest BCUT2D eigenvalue weighted by Crippen LogP contribution is -2.27. The molecule has 0 bridgehead atoms. The molecule has 6 nitrogen and oxygen atoms in total. The average molecular weight is 478 g/mol. The van der Waals surface area contributed by atoms with Crippen molar-refractivity contribution in [3.05, 3.63) is 66.5 Å². The highest BCUT2D eigenvalue weighted by atomic mass is 32.1. The van der Waals surface area contributed by atoms with Crippen LogP contribution < -0.4 is 15.1 Å². The molecular formula is C27H35N5OS. The van der Waals surface area contributed by atoms with E-state index in [4.69, 9.17) is 4.98 Å². The molecule has 0 aliphatic rings. The van der Waals surface area contributed by atoms with Crippen molar-refractivity contribution in [3.8, 4) is 0 Å². The van der Waals surface area contributed by atoms with Crippen molar-refractivity contribution >= 4 is 41.4 Å². The number of nitrogens with one attached hydrogen (secondary N) is 1. The summed E-state index contributed by atoms with van der Waals surface area (Å²) in [6.45, 7) is 8.69. The summed E-state index contributed by atoms with van der Waals surface area (Å²) in [5.41, 5.74) is 2.77. The quantitative estimate of drug-likeness (QED) is 0.238. The first kappa shape index (κ1) is 25.6. The molecule has 3 rings (SSSR count). The Balaban J connectivity index is 1.74. The second-order valence-corrected chi connectivity index (χ2v) is 8.68. The van der Waals surface area contributed by atoms with Gasteiger partial charge in [-0.05, 0) is 50.5 Å². The molecule has 3 aromatic rings. The van der Waals surface area contributed by atoms with Crippen LogP contribution in [-0.2, 0) is 4.79 Å². The number of thiol groups is 1. The van der Waals surface area contributed by atoms with E-state index >= 15 is 0 Å². The van der Waals surface area contributed by atoms with E-state index in [1.165, 1.54) is 5.69 Å². The van der Waals surface area contributed by atoms with Gasteiger partial charge in [0.15, 0.2) is 5.82 Å². The van der Waals surface area contributed by atoms with E-state index in [0.717, 1.165) is 44.6 Å². The van der Waals surface area contributed by atoms with E-state index < -0.39 is 0 Å². The van der Waals surface area contributed by atoms with Crippen molar-refractivity contribution in [2.24, 2.45) is 0 Å². The smallest absolute Gasteiger partial charge is 0.224 e. The summed E-state index contributed by atoms with van der Waals surface area (Å²) < 4.78 is 0. The third-order valence-corrected chi connectivity index (χ3v) is 5.79. The predicted octanol–water partition coefficient (Wildman–Crippen LogP) is 6.26. The normalized spacial score (nSPS) is 10.7. The SMILES string of the molecule is CCCN(CCCC(=O)Nc1c(S)nc(C)nc1N(CCC)c1ccccc1)c1ccccc1. The lowest BCUT2D eigenvalue weighted by molar-refractivity contribution is -0.116. The molecule has 1 aromatic heterocycles. The Labute approximate surface area is 208 Å². The number of aromatic nitrogens is 2. The fraction of sp³-hybridized carbons (Fsp3) is 0.370. The number of rotatable bonds is 12. The van der Waals surface area contributed by atoms with Crippen LogP contribution in [0.4, 0.5) is 22.9 Å². The summed E-state index contributed by atoms with van der Waals surface area (Å²) in [6.07, 6.45) is 3.15. The fourth-order valence-electron chi connectivity index (χ4n) is 3.95. The Bertz CT molecular complexity index is 1050. The van der Waals surface area contributed by atoms with Crippen molar-refractivity contribution in [2.45, 2.75) is 51.5 Å². The largest absolute Gasteiger partial charge is 0.372 e. The second kappa shape index (κ2) is 13.0. The van der Waals surface area contributed by atoms with Gasteiger partial charge in [-0.1, -0.05) is 50.2 Å². The monoisotopic (exact) mass is 477 g/mol. The molecule has 0 saturated carbocycles. The first-order valence-corrected chi connectivity index (χ1v) is 12.5. The minimum Gasteiger partial charge on any atom is -0.372 e. The van der Waals surface area contributed by atoms with Gasteiger partial charge in [0.1, 0.15) is 16.5 Å². The fourth-order valence-corrected chi connectivity index (χ4v) is 4.25. The Kier molecular flexibility index (Phi) is 9.76. The molecule has 0 saturated heterocycles. The molecule has 180 valence electrons. The summed E-state index contributed by atoms with van der Waals surface area (Å²) in [5.74, 6) is 1.24. The standard InChI is InChI=1S/C27H35N5OS/c1-4-18-31(22-13-8-6-9-14-22)20-12-17-24(33)30-25-26(28-21(3)29-27(25)34)32(19-5-2)23-15-10-7-11-16-23/h6-11,13-16H,4-5,12,17-20H2,1-3H3,(H,30,33)(H,28,29,34). The average Bonchev–Trinajstić information content (AvgIpc) is 2.84. The van der Waals surface area contributed by atoms with E-state index in [1.54, 1.807) is 0 Å². The molecule has 7 heteroatoms. The number of hydrogen-bond donors (Lipinski definition) is 2. The number of para-hydroxylation sites is 2. The number of carbonyl (C=O) groups is 1. The second-order valence-electron chi connectivity index (χ2n) is 8.25. The molecule has 0 aliphatic heterocycles. The summed E-state index contributed by atoms with van der Waals surface area (Å²) in [7, 11) is 0. The number of aryl methyl sites for hydroxylation is 1. The number of benzene rings is 2. The van der Waals surface area contributed by atoms with Crippen molar-refractivity contribution in [3.63, 3.8) is 0 Å². The van der Waals surface area contributed by atoms with Gasteiger partial charge in [-0.2, -0.15) is 0 Å². The molecule has 0 spiro atoms. The van der Waals surface area contributed by atoms with Crippen LogP contribution in [0.3, 0.4) is 0 Å². The van der Waals surface area contributed by atoms with Crippen molar-refractivity contribution < 1.29 is 4.79 Å². The Morgan fingerprint density at radius 2 is 1.50 bits per heavy atom. The first-order chi connectivity index (χ1) is 16.5. The van der Waals surface area contributed by atoms with Gasteiger partial charge in [-0.3, -0.25) is 4.79 Å². The van der Waals surface area contributed by atoms with Gasteiger partial charge >= 0.3 is 0 Å². The minimum atomic E-state index is -0.0574. The van der Waals surface area contributed by atoms with E-state index in [-0.39, 0.29) is 5.91 Å². The zero-order chi connectivity index (χ0) is 24.3. The topological polar surface area (TPSA) is 61.4 Å². The van der Waals surface area contributed by atoms with Crippen molar-refractivity contribution in [1.29, 1.82) is 0 Å². The number of amides is 1. The van der Waals surface area contributed by atoms with Gasteiger partial charge in [0.05, 0.1) is 0 Å². The van der Waals surface area contributed by atoms with Gasteiger partial charge in [0.2, 0.25) is 5.91 Å². The third kappa shape index (κ3) is 6.97.